The third-order valence-electron chi connectivity index (χ3n) is 3.64. The van der Waals surface area contributed by atoms with E-state index < -0.39 is 24.7 Å². The second-order valence-electron chi connectivity index (χ2n) is 5.59. The maximum absolute atomic E-state index is 12.0. The summed E-state index contributed by atoms with van der Waals surface area (Å²) in [5.41, 5.74) is 0.911. The minimum atomic E-state index is -4.53. The topological polar surface area (TPSA) is 73.5 Å². The van der Waals surface area contributed by atoms with E-state index in [4.69, 9.17) is 11.6 Å². The molecule has 0 spiro atoms. The lowest BCUT2D eigenvalue weighted by atomic mass is 10.0. The molecule has 1 aliphatic heterocycles. The molecular weight excluding hydrogens is 361 g/mol. The van der Waals surface area contributed by atoms with Crippen LogP contribution in [0.25, 0.3) is 0 Å². The van der Waals surface area contributed by atoms with Gasteiger partial charge in [0.05, 0.1) is 6.54 Å². The summed E-state index contributed by atoms with van der Waals surface area (Å²) < 4.78 is 36.1. The molecule has 2 rings (SSSR count). The third-order valence-corrected chi connectivity index (χ3v) is 3.87. The number of hydrogen-bond acceptors (Lipinski definition) is 4. The van der Waals surface area contributed by atoms with Crippen molar-refractivity contribution in [2.75, 3.05) is 32.7 Å². The highest BCUT2D eigenvalue weighted by Gasteiger charge is 2.29. The number of nitrogens with zero attached hydrogens (tertiary/aromatic N) is 1. The van der Waals surface area contributed by atoms with Crippen LogP contribution in [0.3, 0.4) is 0 Å². The zero-order valence-electron chi connectivity index (χ0n) is 13.2. The lowest BCUT2D eigenvalue weighted by Crippen LogP contribution is -2.51. The van der Waals surface area contributed by atoms with Crippen molar-refractivity contribution < 1.29 is 22.8 Å². The number of amides is 3. The van der Waals surface area contributed by atoms with Gasteiger partial charge >= 0.3 is 12.2 Å². The molecule has 6 nitrogen and oxygen atoms in total. The van der Waals surface area contributed by atoms with Gasteiger partial charge in [-0.3, -0.25) is 15.0 Å². The van der Waals surface area contributed by atoms with Crippen LogP contribution in [0.5, 0.6) is 0 Å². The van der Waals surface area contributed by atoms with Crippen molar-refractivity contribution >= 4 is 23.5 Å². The number of urea groups is 1. The van der Waals surface area contributed by atoms with Crippen molar-refractivity contribution in [2.24, 2.45) is 0 Å². The lowest BCUT2D eigenvalue weighted by Gasteiger charge is -2.36. The van der Waals surface area contributed by atoms with Crippen LogP contribution >= 0.6 is 11.6 Å². The summed E-state index contributed by atoms with van der Waals surface area (Å²) in [6.07, 6.45) is -4.53. The van der Waals surface area contributed by atoms with Crippen LogP contribution < -0.4 is 16.0 Å². The van der Waals surface area contributed by atoms with E-state index in [0.717, 1.165) is 5.56 Å². The van der Waals surface area contributed by atoms with Crippen LogP contribution in [0.15, 0.2) is 24.3 Å². The molecule has 138 valence electrons. The molecule has 10 heteroatoms. The number of carbonyl (C=O) groups excluding carboxylic acids is 2. The summed E-state index contributed by atoms with van der Waals surface area (Å²) in [5.74, 6) is -0.673. The zero-order valence-corrected chi connectivity index (χ0v) is 14.0. The van der Waals surface area contributed by atoms with Gasteiger partial charge < -0.3 is 10.6 Å². The number of benzene rings is 1. The number of alkyl halides is 3. The molecule has 1 unspecified atom stereocenters. The first kappa shape index (κ1) is 19.5. The molecule has 3 N–H and O–H groups in total. The average molecular weight is 379 g/mol. The highest BCUT2D eigenvalue weighted by molar-refractivity contribution is 6.30. The molecule has 1 saturated heterocycles. The van der Waals surface area contributed by atoms with Crippen molar-refractivity contribution in [3.8, 4) is 0 Å². The Morgan fingerprint density at radius 3 is 2.80 bits per heavy atom. The standard InChI is InChI=1S/C15H18ClF3N4O2/c16-11-3-1-2-10(6-11)12-7-20-4-5-23(12)8-13(24)22-14(25)21-9-15(17,18)19/h1-3,6,12,20H,4-5,7-9H2,(H2,21,22,24,25). The lowest BCUT2D eigenvalue weighted by molar-refractivity contribution is -0.125. The van der Waals surface area contributed by atoms with E-state index in [9.17, 15) is 22.8 Å². The Balaban J connectivity index is 1.92. The maximum atomic E-state index is 12.0. The number of imide groups is 1. The summed E-state index contributed by atoms with van der Waals surface area (Å²) in [6.45, 7) is 0.191. The fourth-order valence-electron chi connectivity index (χ4n) is 2.55. The van der Waals surface area contributed by atoms with E-state index in [2.05, 4.69) is 5.32 Å². The maximum Gasteiger partial charge on any atom is 0.405 e. The van der Waals surface area contributed by atoms with Gasteiger partial charge in [0.1, 0.15) is 6.54 Å². The minimum Gasteiger partial charge on any atom is -0.329 e. The Kier molecular flexibility index (Phi) is 6.63. The smallest absolute Gasteiger partial charge is 0.329 e. The van der Waals surface area contributed by atoms with Gasteiger partial charge in [-0.05, 0) is 17.7 Å². The second-order valence-corrected chi connectivity index (χ2v) is 6.03. The number of carbonyl (C=O) groups is 2. The average Bonchev–Trinajstić information content (AvgIpc) is 2.53. The Labute approximate surface area is 147 Å². The van der Waals surface area contributed by atoms with Crippen LogP contribution in [0, 0.1) is 0 Å². The quantitative estimate of drug-likeness (QED) is 0.745. The molecule has 25 heavy (non-hydrogen) atoms. The fourth-order valence-corrected chi connectivity index (χ4v) is 2.75. The summed E-state index contributed by atoms with van der Waals surface area (Å²) >= 11 is 5.99. The van der Waals surface area contributed by atoms with Gasteiger partial charge in [-0.15, -0.1) is 0 Å². The summed E-state index contributed by atoms with van der Waals surface area (Å²) in [7, 11) is 0. The van der Waals surface area contributed by atoms with E-state index in [0.29, 0.717) is 24.7 Å². The molecule has 1 heterocycles. The van der Waals surface area contributed by atoms with Gasteiger partial charge in [0, 0.05) is 30.7 Å². The zero-order chi connectivity index (χ0) is 18.4. The van der Waals surface area contributed by atoms with Crippen molar-refractivity contribution in [1.29, 1.82) is 0 Å². The molecule has 0 aromatic heterocycles. The predicted molar refractivity (Wildman–Crippen MR) is 86.2 cm³/mol. The van der Waals surface area contributed by atoms with E-state index in [1.165, 1.54) is 0 Å². The minimum absolute atomic E-state index is 0.113. The van der Waals surface area contributed by atoms with Gasteiger partial charge in [-0.25, -0.2) is 4.79 Å². The van der Waals surface area contributed by atoms with Crippen LogP contribution in [-0.4, -0.2) is 55.7 Å². The Hall–Kier alpha value is -1.84. The first-order valence-electron chi connectivity index (χ1n) is 7.59. The van der Waals surface area contributed by atoms with E-state index in [1.54, 1.807) is 23.5 Å². The molecule has 0 bridgehead atoms. The first-order chi connectivity index (χ1) is 11.7. The molecule has 0 saturated carbocycles. The molecule has 1 aromatic rings. The molecular formula is C15H18ClF3N4O2. The molecule has 1 aromatic carbocycles. The fraction of sp³-hybridized carbons (Fsp3) is 0.467. The largest absolute Gasteiger partial charge is 0.405 e. The van der Waals surface area contributed by atoms with Gasteiger partial charge in [0.2, 0.25) is 5.91 Å². The normalized spacial score (nSPS) is 18.6. The Morgan fingerprint density at radius 1 is 1.36 bits per heavy atom. The number of rotatable bonds is 4. The highest BCUT2D eigenvalue weighted by atomic mass is 35.5. The van der Waals surface area contributed by atoms with E-state index >= 15 is 0 Å². The summed E-state index contributed by atoms with van der Waals surface area (Å²) in [6, 6.07) is 5.91. The van der Waals surface area contributed by atoms with Crippen LogP contribution in [0.2, 0.25) is 5.02 Å². The monoisotopic (exact) mass is 378 g/mol. The van der Waals surface area contributed by atoms with E-state index in [-0.39, 0.29) is 12.6 Å². The van der Waals surface area contributed by atoms with Crippen LogP contribution in [-0.2, 0) is 4.79 Å². The Bertz CT molecular complexity index is 627. The number of halogens is 4. The van der Waals surface area contributed by atoms with Crippen molar-refractivity contribution in [3.05, 3.63) is 34.9 Å². The molecule has 0 radical (unpaired) electrons. The van der Waals surface area contributed by atoms with Crippen LogP contribution in [0.4, 0.5) is 18.0 Å². The summed E-state index contributed by atoms with van der Waals surface area (Å²) in [5, 5.41) is 7.28. The van der Waals surface area contributed by atoms with Crippen molar-refractivity contribution in [1.82, 2.24) is 20.9 Å². The Morgan fingerprint density at radius 2 is 2.12 bits per heavy atom. The molecule has 1 atom stereocenters. The SMILES string of the molecule is O=C(CN1CCNCC1c1cccc(Cl)c1)NC(=O)NCC(F)(F)F. The van der Waals surface area contributed by atoms with Crippen LogP contribution in [0.1, 0.15) is 11.6 Å². The second kappa shape index (κ2) is 8.50. The van der Waals surface area contributed by atoms with Gasteiger partial charge in [-0.2, -0.15) is 13.2 Å². The molecule has 0 aliphatic carbocycles. The molecule has 1 fully saturated rings. The molecule has 1 aliphatic rings. The van der Waals surface area contributed by atoms with Gasteiger partial charge in [0.15, 0.2) is 0 Å². The predicted octanol–water partition coefficient (Wildman–Crippen LogP) is 1.67. The highest BCUT2D eigenvalue weighted by Crippen LogP contribution is 2.24. The molecule has 3 amide bonds. The summed E-state index contributed by atoms with van der Waals surface area (Å²) in [4.78, 5) is 25.1. The number of hydrogen-bond donors (Lipinski definition) is 3. The van der Waals surface area contributed by atoms with Crippen molar-refractivity contribution in [3.63, 3.8) is 0 Å². The van der Waals surface area contributed by atoms with E-state index in [1.807, 2.05) is 16.3 Å². The van der Waals surface area contributed by atoms with Gasteiger partial charge in [0.25, 0.3) is 0 Å². The first-order valence-corrected chi connectivity index (χ1v) is 7.97. The third kappa shape index (κ3) is 6.52. The van der Waals surface area contributed by atoms with Gasteiger partial charge in [-0.1, -0.05) is 23.7 Å². The number of nitrogens with one attached hydrogen (secondary N) is 3. The van der Waals surface area contributed by atoms with Crippen molar-refractivity contribution in [2.45, 2.75) is 12.2 Å². The number of piperazine rings is 1.